The summed E-state index contributed by atoms with van der Waals surface area (Å²) in [7, 11) is 1.50. The van der Waals surface area contributed by atoms with Crippen molar-refractivity contribution in [2.75, 3.05) is 13.7 Å². The van der Waals surface area contributed by atoms with E-state index in [0.717, 1.165) is 5.56 Å². The number of methoxy groups -OCH3 is 1. The molecule has 0 bridgehead atoms. The van der Waals surface area contributed by atoms with Crippen molar-refractivity contribution in [2.45, 2.75) is 32.4 Å². The first kappa shape index (κ1) is 20.3. The molecule has 0 aliphatic carbocycles. The smallest absolute Gasteiger partial charge is 0.305 e. The van der Waals surface area contributed by atoms with Crippen molar-refractivity contribution < 1.29 is 24.2 Å². The molecule has 1 N–H and O–H groups in total. The van der Waals surface area contributed by atoms with Crippen LogP contribution in [0.4, 0.5) is 0 Å². The van der Waals surface area contributed by atoms with E-state index >= 15 is 0 Å². The summed E-state index contributed by atoms with van der Waals surface area (Å²) in [5.41, 5.74) is 1.97. The van der Waals surface area contributed by atoms with Crippen molar-refractivity contribution in [3.63, 3.8) is 0 Å². The highest BCUT2D eigenvalue weighted by molar-refractivity contribution is 5.94. The minimum absolute atomic E-state index is 0.0667. The Morgan fingerprint density at radius 2 is 2.14 bits per heavy atom. The molecule has 0 fully saturated rings. The number of carboxylic acids is 1. The Bertz CT molecular complexity index is 946. The Balaban J connectivity index is 1.86. The summed E-state index contributed by atoms with van der Waals surface area (Å²) in [4.78, 5) is 41.4. The lowest BCUT2D eigenvalue weighted by molar-refractivity contribution is -0.138. The molecule has 0 spiro atoms. The predicted octanol–water partition coefficient (Wildman–Crippen LogP) is 2.56. The molecule has 8 nitrogen and oxygen atoms in total. The summed E-state index contributed by atoms with van der Waals surface area (Å²) in [5.74, 6) is -0.738. The Morgan fingerprint density at radius 3 is 2.76 bits per heavy atom. The molecule has 8 heteroatoms. The van der Waals surface area contributed by atoms with Crippen LogP contribution in [0.2, 0.25) is 0 Å². The summed E-state index contributed by atoms with van der Waals surface area (Å²) < 4.78 is 6.91. The Hall–Kier alpha value is -3.42. The number of ketones is 1. The molecule has 3 rings (SSSR count). The quantitative estimate of drug-likeness (QED) is 0.735. The number of hydrogen-bond acceptors (Lipinski definition) is 5. The van der Waals surface area contributed by atoms with Crippen molar-refractivity contribution in [3.8, 4) is 5.88 Å². The van der Waals surface area contributed by atoms with Gasteiger partial charge in [0.15, 0.2) is 0 Å². The van der Waals surface area contributed by atoms with Gasteiger partial charge < -0.3 is 19.3 Å². The van der Waals surface area contributed by atoms with Gasteiger partial charge in [-0.1, -0.05) is 18.2 Å². The van der Waals surface area contributed by atoms with Crippen LogP contribution in [0.25, 0.3) is 6.08 Å². The van der Waals surface area contributed by atoms with Gasteiger partial charge in [-0.2, -0.15) is 0 Å². The molecular formula is C21H23N3O5. The van der Waals surface area contributed by atoms with Crippen LogP contribution in [0.1, 0.15) is 47.4 Å². The summed E-state index contributed by atoms with van der Waals surface area (Å²) in [6.45, 7) is 2.47. The highest BCUT2D eigenvalue weighted by Gasteiger charge is 2.33. The van der Waals surface area contributed by atoms with Crippen molar-refractivity contribution in [1.29, 1.82) is 0 Å². The van der Waals surface area contributed by atoms with Crippen molar-refractivity contribution in [1.82, 2.24) is 14.5 Å². The number of amides is 1. The van der Waals surface area contributed by atoms with Gasteiger partial charge >= 0.3 is 5.97 Å². The molecule has 1 atom stereocenters. The van der Waals surface area contributed by atoms with Crippen LogP contribution in [0.3, 0.4) is 0 Å². The Kier molecular flexibility index (Phi) is 6.11. The number of nitrogens with zero attached hydrogens (tertiary/aromatic N) is 3. The van der Waals surface area contributed by atoms with E-state index in [0.29, 0.717) is 36.6 Å². The lowest BCUT2D eigenvalue weighted by atomic mass is 10.0. The maximum absolute atomic E-state index is 13.1. The molecule has 29 heavy (non-hydrogen) atoms. The third-order valence-corrected chi connectivity index (χ3v) is 4.79. The van der Waals surface area contributed by atoms with Gasteiger partial charge in [-0.15, -0.1) is 0 Å². The third-order valence-electron chi connectivity index (χ3n) is 4.79. The SMILES string of the molecule is COc1ccc([C@H](CC(=O)O)N2CCn3cc(/C=C/CC(C)=O)cc3C2=O)cn1. The standard InChI is InChI=1S/C21H23N3O5/c1-14(25)4-3-5-15-10-18-21(28)24(9-8-23(18)13-15)17(11-20(26)27)16-6-7-19(29-2)22-12-16/h3,5-7,10,12-13,17H,4,8-9,11H2,1-2H3,(H,26,27)/b5-3+/t17-/m0/s1. The van der Waals surface area contributed by atoms with Gasteiger partial charge in [-0.05, 0) is 24.1 Å². The van der Waals surface area contributed by atoms with Gasteiger partial charge in [0.05, 0.1) is 19.6 Å². The summed E-state index contributed by atoms with van der Waals surface area (Å²) in [6, 6.07) is 4.52. The summed E-state index contributed by atoms with van der Waals surface area (Å²) in [6.07, 6.45) is 7.11. The number of carbonyl (C=O) groups excluding carboxylic acids is 2. The van der Waals surface area contributed by atoms with E-state index in [4.69, 9.17) is 4.74 Å². The zero-order valence-electron chi connectivity index (χ0n) is 16.4. The van der Waals surface area contributed by atoms with Gasteiger partial charge in [-0.3, -0.25) is 14.4 Å². The molecule has 0 unspecified atom stereocenters. The molecule has 0 saturated carbocycles. The van der Waals surface area contributed by atoms with Gasteiger partial charge in [-0.25, -0.2) is 4.98 Å². The molecule has 3 heterocycles. The first-order valence-corrected chi connectivity index (χ1v) is 9.28. The second-order valence-electron chi connectivity index (χ2n) is 6.91. The normalized spacial score (nSPS) is 14.7. The predicted molar refractivity (Wildman–Crippen MR) is 106 cm³/mol. The minimum Gasteiger partial charge on any atom is -0.481 e. The minimum atomic E-state index is -0.993. The first-order chi connectivity index (χ1) is 13.9. The molecular weight excluding hydrogens is 374 g/mol. The average Bonchev–Trinajstić information content (AvgIpc) is 3.10. The number of carbonyl (C=O) groups is 3. The fourth-order valence-electron chi connectivity index (χ4n) is 3.39. The monoisotopic (exact) mass is 397 g/mol. The number of carboxylic acid groups (broad SMARTS) is 1. The highest BCUT2D eigenvalue weighted by atomic mass is 16.5. The number of rotatable bonds is 8. The first-order valence-electron chi connectivity index (χ1n) is 9.28. The molecule has 2 aromatic rings. The van der Waals surface area contributed by atoms with Crippen LogP contribution < -0.4 is 4.74 Å². The van der Waals surface area contributed by atoms with Gasteiger partial charge in [0.1, 0.15) is 11.5 Å². The van der Waals surface area contributed by atoms with E-state index in [1.54, 1.807) is 35.4 Å². The number of hydrogen-bond donors (Lipinski definition) is 1. The third kappa shape index (κ3) is 4.71. The molecule has 152 valence electrons. The number of allylic oxidation sites excluding steroid dienone is 1. The van der Waals surface area contributed by atoms with Gasteiger partial charge in [0.25, 0.3) is 5.91 Å². The number of aliphatic carboxylic acids is 1. The number of fused-ring (bicyclic) bond motifs is 1. The summed E-state index contributed by atoms with van der Waals surface area (Å²) >= 11 is 0. The molecule has 1 aliphatic rings. The number of ether oxygens (including phenoxy) is 1. The van der Waals surface area contributed by atoms with Crippen LogP contribution in [0.5, 0.6) is 5.88 Å². The molecule has 2 aromatic heterocycles. The van der Waals surface area contributed by atoms with E-state index in [2.05, 4.69) is 4.98 Å². The van der Waals surface area contributed by atoms with Crippen molar-refractivity contribution >= 4 is 23.7 Å². The largest absolute Gasteiger partial charge is 0.481 e. The van der Waals surface area contributed by atoms with Crippen LogP contribution in [-0.4, -0.2) is 50.9 Å². The molecule has 0 radical (unpaired) electrons. The van der Waals surface area contributed by atoms with E-state index in [1.165, 1.54) is 14.0 Å². The van der Waals surface area contributed by atoms with E-state index in [9.17, 15) is 19.5 Å². The van der Waals surface area contributed by atoms with Crippen molar-refractivity contribution in [3.05, 3.63) is 53.5 Å². The summed E-state index contributed by atoms with van der Waals surface area (Å²) in [5, 5.41) is 9.38. The fraction of sp³-hybridized carbons (Fsp3) is 0.333. The Labute approximate surface area is 168 Å². The van der Waals surface area contributed by atoms with E-state index in [-0.39, 0.29) is 18.1 Å². The molecule has 0 aromatic carbocycles. The van der Waals surface area contributed by atoms with Crippen LogP contribution >= 0.6 is 0 Å². The topological polar surface area (TPSA) is 102 Å². The molecule has 1 aliphatic heterocycles. The lowest BCUT2D eigenvalue weighted by Crippen LogP contribution is -2.43. The number of pyridine rings is 1. The maximum atomic E-state index is 13.1. The van der Waals surface area contributed by atoms with Crippen molar-refractivity contribution in [2.24, 2.45) is 0 Å². The van der Waals surface area contributed by atoms with Gasteiger partial charge in [0.2, 0.25) is 5.88 Å². The van der Waals surface area contributed by atoms with E-state index < -0.39 is 12.0 Å². The average molecular weight is 397 g/mol. The molecule has 1 amide bonds. The van der Waals surface area contributed by atoms with Crippen LogP contribution in [-0.2, 0) is 16.1 Å². The highest BCUT2D eigenvalue weighted by Crippen LogP contribution is 2.29. The lowest BCUT2D eigenvalue weighted by Gasteiger charge is -2.34. The van der Waals surface area contributed by atoms with Crippen LogP contribution in [0, 0.1) is 0 Å². The Morgan fingerprint density at radius 1 is 1.34 bits per heavy atom. The zero-order chi connectivity index (χ0) is 21.0. The second kappa shape index (κ2) is 8.72. The fourth-order valence-corrected chi connectivity index (χ4v) is 3.39. The van der Waals surface area contributed by atoms with Gasteiger partial charge in [0, 0.05) is 38.0 Å². The zero-order valence-corrected chi connectivity index (χ0v) is 16.4. The van der Waals surface area contributed by atoms with Crippen LogP contribution in [0.15, 0.2) is 36.7 Å². The maximum Gasteiger partial charge on any atom is 0.305 e. The second-order valence-corrected chi connectivity index (χ2v) is 6.91. The number of Topliss-reactive ketones (excluding diaryl/α,β-unsaturated/α-hetero) is 1. The number of aromatic nitrogens is 2. The van der Waals surface area contributed by atoms with E-state index in [1.807, 2.05) is 16.8 Å². The molecule has 0 saturated heterocycles.